The highest BCUT2D eigenvalue weighted by molar-refractivity contribution is 5.15. The van der Waals surface area contributed by atoms with Crippen LogP contribution in [0.5, 0.6) is 0 Å². The largest absolute Gasteiger partial charge is 0.340 e. The van der Waals surface area contributed by atoms with Crippen molar-refractivity contribution in [2.24, 2.45) is 0 Å². The van der Waals surface area contributed by atoms with Crippen LogP contribution in [-0.4, -0.2) is 31.6 Å². The van der Waals surface area contributed by atoms with E-state index in [0.29, 0.717) is 18.3 Å². The van der Waals surface area contributed by atoms with Crippen molar-refractivity contribution in [1.29, 1.82) is 0 Å². The van der Waals surface area contributed by atoms with Crippen LogP contribution >= 0.6 is 0 Å². The molecule has 0 unspecified atom stereocenters. The first kappa shape index (κ1) is 14.5. The Bertz CT molecular complexity index is 719. The first-order valence-electron chi connectivity index (χ1n) is 7.22. The van der Waals surface area contributed by atoms with Gasteiger partial charge >= 0.3 is 0 Å². The standard InChI is InChI=1S/C16H19N5O/c1-13-18-15(19-22-13)11-20(2)12-16-17-8-9-21(16)10-14-6-4-3-5-7-14/h3-9H,10-12H2,1-2H3. The molecular weight excluding hydrogens is 278 g/mol. The molecule has 0 bridgehead atoms. The van der Waals surface area contributed by atoms with Crippen LogP contribution in [0.2, 0.25) is 0 Å². The fourth-order valence-electron chi connectivity index (χ4n) is 2.36. The van der Waals surface area contributed by atoms with Crippen LogP contribution in [0.25, 0.3) is 0 Å². The van der Waals surface area contributed by atoms with Crippen LogP contribution in [0.1, 0.15) is 23.1 Å². The van der Waals surface area contributed by atoms with E-state index in [2.05, 4.69) is 48.9 Å². The third kappa shape index (κ3) is 3.59. The predicted molar refractivity (Wildman–Crippen MR) is 82.0 cm³/mol. The summed E-state index contributed by atoms with van der Waals surface area (Å²) in [6.07, 6.45) is 3.85. The van der Waals surface area contributed by atoms with Crippen LogP contribution in [0.15, 0.2) is 47.2 Å². The van der Waals surface area contributed by atoms with E-state index in [-0.39, 0.29) is 0 Å². The molecule has 0 atom stereocenters. The normalized spacial score (nSPS) is 11.2. The minimum Gasteiger partial charge on any atom is -0.340 e. The monoisotopic (exact) mass is 297 g/mol. The van der Waals surface area contributed by atoms with E-state index in [4.69, 9.17) is 4.52 Å². The number of imidazole rings is 1. The average Bonchev–Trinajstić information content (AvgIpc) is 3.10. The highest BCUT2D eigenvalue weighted by Gasteiger charge is 2.10. The van der Waals surface area contributed by atoms with Crippen LogP contribution in [0, 0.1) is 6.92 Å². The van der Waals surface area contributed by atoms with Crippen LogP contribution in [0.3, 0.4) is 0 Å². The predicted octanol–water partition coefficient (Wildman–Crippen LogP) is 2.25. The van der Waals surface area contributed by atoms with Crippen molar-refractivity contribution in [3.63, 3.8) is 0 Å². The van der Waals surface area contributed by atoms with Gasteiger partial charge in [0.2, 0.25) is 5.89 Å². The van der Waals surface area contributed by atoms with E-state index < -0.39 is 0 Å². The van der Waals surface area contributed by atoms with Crippen LogP contribution < -0.4 is 0 Å². The van der Waals surface area contributed by atoms with Crippen molar-refractivity contribution in [3.05, 3.63) is 65.8 Å². The third-order valence-electron chi connectivity index (χ3n) is 3.39. The van der Waals surface area contributed by atoms with Crippen molar-refractivity contribution in [1.82, 2.24) is 24.6 Å². The van der Waals surface area contributed by atoms with Gasteiger partial charge in [-0.05, 0) is 12.6 Å². The van der Waals surface area contributed by atoms with Gasteiger partial charge in [-0.25, -0.2) is 4.98 Å². The minimum atomic E-state index is 0.592. The summed E-state index contributed by atoms with van der Waals surface area (Å²) in [5.41, 5.74) is 1.26. The highest BCUT2D eigenvalue weighted by Crippen LogP contribution is 2.08. The Balaban J connectivity index is 1.64. The molecule has 22 heavy (non-hydrogen) atoms. The zero-order valence-corrected chi connectivity index (χ0v) is 12.8. The maximum absolute atomic E-state index is 4.99. The zero-order chi connectivity index (χ0) is 15.4. The van der Waals surface area contributed by atoms with Gasteiger partial charge < -0.3 is 9.09 Å². The molecule has 6 heteroatoms. The second-order valence-corrected chi connectivity index (χ2v) is 5.36. The van der Waals surface area contributed by atoms with E-state index >= 15 is 0 Å². The summed E-state index contributed by atoms with van der Waals surface area (Å²) >= 11 is 0. The molecule has 3 rings (SSSR count). The van der Waals surface area contributed by atoms with Gasteiger partial charge in [-0.2, -0.15) is 4.98 Å². The number of aromatic nitrogens is 4. The molecule has 0 radical (unpaired) electrons. The van der Waals surface area contributed by atoms with Gasteiger partial charge in [0.15, 0.2) is 5.82 Å². The number of nitrogens with zero attached hydrogens (tertiary/aromatic N) is 5. The summed E-state index contributed by atoms with van der Waals surface area (Å²) < 4.78 is 7.15. The summed E-state index contributed by atoms with van der Waals surface area (Å²) in [5.74, 6) is 2.31. The third-order valence-corrected chi connectivity index (χ3v) is 3.39. The van der Waals surface area contributed by atoms with Gasteiger partial charge in [0.1, 0.15) is 5.82 Å². The van der Waals surface area contributed by atoms with Gasteiger partial charge in [-0.1, -0.05) is 35.5 Å². The maximum Gasteiger partial charge on any atom is 0.223 e. The smallest absolute Gasteiger partial charge is 0.223 e. The van der Waals surface area contributed by atoms with Crippen molar-refractivity contribution in [2.45, 2.75) is 26.6 Å². The average molecular weight is 297 g/mol. The molecule has 0 aliphatic heterocycles. The SMILES string of the molecule is Cc1nc(CN(C)Cc2nccn2Cc2ccccc2)no1. The quantitative estimate of drug-likeness (QED) is 0.698. The molecule has 0 fully saturated rings. The molecule has 2 heterocycles. The molecule has 114 valence electrons. The molecule has 0 amide bonds. The molecule has 0 spiro atoms. The number of aryl methyl sites for hydroxylation is 1. The Kier molecular flexibility index (Phi) is 4.29. The summed E-state index contributed by atoms with van der Waals surface area (Å²) in [6, 6.07) is 10.4. The molecule has 6 nitrogen and oxygen atoms in total. The van der Waals surface area contributed by atoms with Crippen LogP contribution in [-0.2, 0) is 19.6 Å². The summed E-state index contributed by atoms with van der Waals surface area (Å²) in [7, 11) is 2.02. The minimum absolute atomic E-state index is 0.592. The Morgan fingerprint density at radius 3 is 2.73 bits per heavy atom. The molecule has 1 aromatic carbocycles. The molecule has 2 aromatic heterocycles. The summed E-state index contributed by atoms with van der Waals surface area (Å²) in [6.45, 7) is 3.98. The number of hydrogen-bond acceptors (Lipinski definition) is 5. The van der Waals surface area contributed by atoms with Gasteiger partial charge in [0.25, 0.3) is 0 Å². The second kappa shape index (κ2) is 6.53. The molecule has 0 aliphatic carbocycles. The molecule has 0 saturated carbocycles. The van der Waals surface area contributed by atoms with Gasteiger partial charge in [0.05, 0.1) is 13.1 Å². The zero-order valence-electron chi connectivity index (χ0n) is 12.8. The second-order valence-electron chi connectivity index (χ2n) is 5.36. The molecule has 3 aromatic rings. The lowest BCUT2D eigenvalue weighted by Crippen LogP contribution is -2.21. The number of rotatable bonds is 6. The fourth-order valence-corrected chi connectivity index (χ4v) is 2.36. The van der Waals surface area contributed by atoms with E-state index in [9.17, 15) is 0 Å². The highest BCUT2D eigenvalue weighted by atomic mass is 16.5. The lowest BCUT2D eigenvalue weighted by molar-refractivity contribution is 0.290. The van der Waals surface area contributed by atoms with E-state index in [1.54, 1.807) is 6.92 Å². The summed E-state index contributed by atoms with van der Waals surface area (Å²) in [5, 5.41) is 3.92. The Morgan fingerprint density at radius 1 is 1.18 bits per heavy atom. The van der Waals surface area contributed by atoms with Crippen molar-refractivity contribution in [3.8, 4) is 0 Å². The molecule has 0 saturated heterocycles. The first-order chi connectivity index (χ1) is 10.7. The lowest BCUT2D eigenvalue weighted by Gasteiger charge is -2.15. The van der Waals surface area contributed by atoms with E-state index in [1.165, 1.54) is 5.56 Å². The van der Waals surface area contributed by atoms with Gasteiger partial charge in [-0.15, -0.1) is 0 Å². The van der Waals surface area contributed by atoms with E-state index in [0.717, 1.165) is 18.9 Å². The number of benzene rings is 1. The Hall–Kier alpha value is -2.47. The molecular formula is C16H19N5O. The summed E-state index contributed by atoms with van der Waals surface area (Å²) in [4.78, 5) is 10.8. The van der Waals surface area contributed by atoms with Crippen molar-refractivity contribution < 1.29 is 4.52 Å². The van der Waals surface area contributed by atoms with Gasteiger partial charge in [0, 0.05) is 25.9 Å². The van der Waals surface area contributed by atoms with Crippen molar-refractivity contribution >= 4 is 0 Å². The Morgan fingerprint density at radius 2 is 2.00 bits per heavy atom. The topological polar surface area (TPSA) is 60.0 Å². The number of hydrogen-bond donors (Lipinski definition) is 0. The van der Waals surface area contributed by atoms with E-state index in [1.807, 2.05) is 25.5 Å². The maximum atomic E-state index is 4.99. The van der Waals surface area contributed by atoms with Crippen LogP contribution in [0.4, 0.5) is 0 Å². The first-order valence-corrected chi connectivity index (χ1v) is 7.22. The molecule has 0 aliphatic rings. The van der Waals surface area contributed by atoms with Crippen molar-refractivity contribution in [2.75, 3.05) is 7.05 Å². The van der Waals surface area contributed by atoms with Gasteiger partial charge in [-0.3, -0.25) is 4.90 Å². The Labute approximate surface area is 129 Å². The fraction of sp³-hybridized carbons (Fsp3) is 0.312. The molecule has 0 N–H and O–H groups in total. The lowest BCUT2D eigenvalue weighted by atomic mass is 10.2.